The molecule has 1 atom stereocenters. The summed E-state index contributed by atoms with van der Waals surface area (Å²) in [6.07, 6.45) is 2.91. The number of carbonyl (C=O) groups is 1. The molecular formula is C17H24N2O2. The maximum atomic E-state index is 13.0. The van der Waals surface area contributed by atoms with Gasteiger partial charge in [-0.2, -0.15) is 0 Å². The van der Waals surface area contributed by atoms with Crippen molar-refractivity contribution in [1.82, 2.24) is 10.2 Å². The van der Waals surface area contributed by atoms with Crippen molar-refractivity contribution in [3.8, 4) is 5.75 Å². The highest BCUT2D eigenvalue weighted by Crippen LogP contribution is 2.35. The van der Waals surface area contributed by atoms with Gasteiger partial charge in [0.1, 0.15) is 5.75 Å². The number of ether oxygens (including phenoxy) is 1. The molecule has 1 aromatic rings. The van der Waals surface area contributed by atoms with Crippen molar-refractivity contribution in [3.05, 3.63) is 29.8 Å². The number of hydrogen-bond acceptors (Lipinski definition) is 3. The molecule has 0 saturated carbocycles. The molecule has 1 aromatic carbocycles. The minimum atomic E-state index is -0.0372. The molecule has 0 spiro atoms. The Morgan fingerprint density at radius 1 is 1.29 bits per heavy atom. The zero-order valence-corrected chi connectivity index (χ0v) is 12.7. The van der Waals surface area contributed by atoms with E-state index in [4.69, 9.17) is 4.74 Å². The van der Waals surface area contributed by atoms with E-state index in [0.29, 0.717) is 12.6 Å². The Morgan fingerprint density at radius 3 is 2.81 bits per heavy atom. The molecular weight excluding hydrogens is 264 g/mol. The second kappa shape index (κ2) is 6.48. The molecule has 0 radical (unpaired) electrons. The maximum absolute atomic E-state index is 13.0. The Kier molecular flexibility index (Phi) is 4.44. The fourth-order valence-electron chi connectivity index (χ4n) is 3.51. The summed E-state index contributed by atoms with van der Waals surface area (Å²) in [6, 6.07) is 8.35. The highest BCUT2D eigenvalue weighted by Gasteiger charge is 2.33. The second-order valence-electron chi connectivity index (χ2n) is 5.83. The minimum absolute atomic E-state index is 0.0372. The predicted molar refractivity (Wildman–Crippen MR) is 82.6 cm³/mol. The Hall–Kier alpha value is -1.55. The van der Waals surface area contributed by atoms with Gasteiger partial charge in [-0.05, 0) is 45.3 Å². The van der Waals surface area contributed by atoms with E-state index in [1.807, 2.05) is 24.3 Å². The van der Waals surface area contributed by atoms with Crippen LogP contribution in [0.4, 0.5) is 0 Å². The Balaban J connectivity index is 1.80. The molecule has 2 heterocycles. The van der Waals surface area contributed by atoms with Crippen molar-refractivity contribution in [3.63, 3.8) is 0 Å². The third kappa shape index (κ3) is 2.91. The van der Waals surface area contributed by atoms with Gasteiger partial charge in [0, 0.05) is 18.2 Å². The number of carbonyl (C=O) groups excluding carboxylic acids is 1. The van der Waals surface area contributed by atoms with Crippen molar-refractivity contribution in [2.45, 2.75) is 38.1 Å². The number of likely N-dealkylation sites (N-methyl/N-ethyl adjacent to an activating group) is 1. The van der Waals surface area contributed by atoms with Crippen LogP contribution in [0.15, 0.2) is 24.3 Å². The van der Waals surface area contributed by atoms with Gasteiger partial charge in [0.15, 0.2) is 0 Å². The molecule has 4 heteroatoms. The maximum Gasteiger partial charge on any atom is 0.230 e. The number of hydrogen-bond donors (Lipinski definition) is 1. The number of nitrogens with one attached hydrogen (secondary N) is 1. The summed E-state index contributed by atoms with van der Waals surface area (Å²) in [5, 5.41) is 3.37. The molecule has 1 fully saturated rings. The van der Waals surface area contributed by atoms with Gasteiger partial charge < -0.3 is 15.0 Å². The van der Waals surface area contributed by atoms with Crippen molar-refractivity contribution < 1.29 is 9.53 Å². The van der Waals surface area contributed by atoms with E-state index in [1.165, 1.54) is 0 Å². The smallest absolute Gasteiger partial charge is 0.230 e. The Labute approximate surface area is 126 Å². The summed E-state index contributed by atoms with van der Waals surface area (Å²) in [6.45, 7) is 5.54. The highest BCUT2D eigenvalue weighted by molar-refractivity contribution is 5.85. The lowest BCUT2D eigenvalue weighted by Gasteiger charge is -2.37. The van der Waals surface area contributed by atoms with E-state index < -0.39 is 0 Å². The van der Waals surface area contributed by atoms with Gasteiger partial charge in [-0.25, -0.2) is 0 Å². The van der Waals surface area contributed by atoms with Gasteiger partial charge in [-0.15, -0.1) is 0 Å². The third-order valence-electron chi connectivity index (χ3n) is 4.63. The number of rotatable bonds is 3. The van der Waals surface area contributed by atoms with E-state index in [-0.39, 0.29) is 11.8 Å². The van der Waals surface area contributed by atoms with Crippen LogP contribution in [0.5, 0.6) is 5.75 Å². The van der Waals surface area contributed by atoms with Crippen LogP contribution in [0.1, 0.15) is 37.7 Å². The van der Waals surface area contributed by atoms with Crippen LogP contribution in [0.3, 0.4) is 0 Å². The first kappa shape index (κ1) is 14.4. The zero-order valence-electron chi connectivity index (χ0n) is 12.7. The molecule has 1 unspecified atom stereocenters. The summed E-state index contributed by atoms with van der Waals surface area (Å²) in [4.78, 5) is 15.1. The number of para-hydroxylation sites is 1. The SMILES string of the molecule is CCN(C(=O)C1CCOc2ccccc21)C1CCNCC1. The van der Waals surface area contributed by atoms with Crippen LogP contribution in [-0.4, -0.2) is 43.1 Å². The topological polar surface area (TPSA) is 41.6 Å². The van der Waals surface area contributed by atoms with Crippen molar-refractivity contribution >= 4 is 5.91 Å². The normalized spacial score (nSPS) is 22.2. The summed E-state index contributed by atoms with van der Waals surface area (Å²) in [5.41, 5.74) is 1.06. The average Bonchev–Trinajstić information content (AvgIpc) is 2.56. The summed E-state index contributed by atoms with van der Waals surface area (Å²) >= 11 is 0. The predicted octanol–water partition coefficient (Wildman–Crippen LogP) is 2.15. The van der Waals surface area contributed by atoms with Crippen LogP contribution in [0.25, 0.3) is 0 Å². The molecule has 21 heavy (non-hydrogen) atoms. The van der Waals surface area contributed by atoms with Crippen LogP contribution in [0.2, 0.25) is 0 Å². The minimum Gasteiger partial charge on any atom is -0.493 e. The molecule has 1 amide bonds. The first-order valence-corrected chi connectivity index (χ1v) is 8.04. The fourth-order valence-corrected chi connectivity index (χ4v) is 3.51. The van der Waals surface area contributed by atoms with Crippen LogP contribution in [0, 0.1) is 0 Å². The molecule has 0 bridgehead atoms. The molecule has 2 aliphatic rings. The number of fused-ring (bicyclic) bond motifs is 1. The van der Waals surface area contributed by atoms with Gasteiger partial charge in [-0.3, -0.25) is 4.79 Å². The van der Waals surface area contributed by atoms with Gasteiger partial charge in [0.2, 0.25) is 5.91 Å². The Bertz CT molecular complexity index is 497. The number of amides is 1. The quantitative estimate of drug-likeness (QED) is 0.926. The molecule has 2 aliphatic heterocycles. The molecule has 3 rings (SSSR count). The highest BCUT2D eigenvalue weighted by atomic mass is 16.5. The lowest BCUT2D eigenvalue weighted by molar-refractivity contribution is -0.136. The van der Waals surface area contributed by atoms with Gasteiger partial charge in [-0.1, -0.05) is 18.2 Å². The van der Waals surface area contributed by atoms with E-state index in [0.717, 1.165) is 50.2 Å². The van der Waals surface area contributed by atoms with Crippen LogP contribution in [-0.2, 0) is 4.79 Å². The van der Waals surface area contributed by atoms with Gasteiger partial charge in [0.25, 0.3) is 0 Å². The first-order valence-electron chi connectivity index (χ1n) is 8.04. The number of benzene rings is 1. The lowest BCUT2D eigenvalue weighted by atomic mass is 9.90. The van der Waals surface area contributed by atoms with E-state index >= 15 is 0 Å². The Morgan fingerprint density at radius 2 is 2.05 bits per heavy atom. The molecule has 1 saturated heterocycles. The second-order valence-corrected chi connectivity index (χ2v) is 5.83. The van der Waals surface area contributed by atoms with Crippen molar-refractivity contribution in [2.75, 3.05) is 26.2 Å². The monoisotopic (exact) mass is 288 g/mol. The van der Waals surface area contributed by atoms with Crippen LogP contribution < -0.4 is 10.1 Å². The van der Waals surface area contributed by atoms with E-state index in [2.05, 4.69) is 17.1 Å². The average molecular weight is 288 g/mol. The van der Waals surface area contributed by atoms with Gasteiger partial charge >= 0.3 is 0 Å². The molecule has 114 valence electrons. The number of piperidine rings is 1. The van der Waals surface area contributed by atoms with E-state index in [9.17, 15) is 4.79 Å². The molecule has 0 aromatic heterocycles. The summed E-state index contributed by atoms with van der Waals surface area (Å²) in [7, 11) is 0. The first-order chi connectivity index (χ1) is 10.3. The zero-order chi connectivity index (χ0) is 14.7. The van der Waals surface area contributed by atoms with E-state index in [1.54, 1.807) is 0 Å². The fraction of sp³-hybridized carbons (Fsp3) is 0.588. The lowest BCUT2D eigenvalue weighted by Crippen LogP contribution is -2.48. The van der Waals surface area contributed by atoms with Gasteiger partial charge in [0.05, 0.1) is 12.5 Å². The standard InChI is InChI=1S/C17H24N2O2/c1-2-19(13-7-10-18-11-8-13)17(20)15-9-12-21-16-6-4-3-5-14(15)16/h3-6,13,15,18H,2,7-12H2,1H3. The largest absolute Gasteiger partial charge is 0.493 e. The van der Waals surface area contributed by atoms with Crippen molar-refractivity contribution in [1.29, 1.82) is 0 Å². The molecule has 0 aliphatic carbocycles. The summed E-state index contributed by atoms with van der Waals surface area (Å²) < 4.78 is 5.68. The third-order valence-corrected chi connectivity index (χ3v) is 4.63. The van der Waals surface area contributed by atoms with Crippen LogP contribution >= 0.6 is 0 Å². The molecule has 4 nitrogen and oxygen atoms in total. The molecule has 1 N–H and O–H groups in total. The summed E-state index contributed by atoms with van der Waals surface area (Å²) in [5.74, 6) is 1.12. The number of nitrogens with zero attached hydrogens (tertiary/aromatic N) is 1. The van der Waals surface area contributed by atoms with Crippen molar-refractivity contribution in [2.24, 2.45) is 0 Å².